The number of phenolic OH excluding ortho intramolecular Hbond substituents is 1. The molecule has 2 radical (unpaired) electrons. The third-order valence-corrected chi connectivity index (χ3v) is 7.05. The molecule has 0 aliphatic rings. The van der Waals surface area contributed by atoms with E-state index in [0.29, 0.717) is 33.9 Å². The maximum atomic E-state index is 12.9. The Balaban J connectivity index is -0.000000485. The van der Waals surface area contributed by atoms with Crippen LogP contribution in [-0.2, 0) is 113 Å². The van der Waals surface area contributed by atoms with Gasteiger partial charge in [0, 0.05) is 114 Å². The number of hydrogen-bond donors (Lipinski definition) is 8. The van der Waals surface area contributed by atoms with Crippen molar-refractivity contribution in [2.45, 2.75) is 27.2 Å². The van der Waals surface area contributed by atoms with E-state index in [2.05, 4.69) is 25.5 Å². The molecule has 6 aromatic rings. The summed E-state index contributed by atoms with van der Waals surface area (Å²) in [4.78, 5) is 37.8. The van der Waals surface area contributed by atoms with Crippen LogP contribution in [0, 0.1) is 0 Å². The van der Waals surface area contributed by atoms with Crippen LogP contribution in [0.5, 0.6) is 23.0 Å². The predicted molar refractivity (Wildman–Crippen MR) is 227 cm³/mol. The second kappa shape index (κ2) is 41.5. The smallest absolute Gasteiger partial charge is 0.343 e. The summed E-state index contributed by atoms with van der Waals surface area (Å²) in [5, 5.41) is 68.8. The van der Waals surface area contributed by atoms with Gasteiger partial charge in [-0.3, -0.25) is 4.79 Å². The van der Waals surface area contributed by atoms with Gasteiger partial charge in [-0.25, -0.2) is 20.1 Å². The summed E-state index contributed by atoms with van der Waals surface area (Å²) >= 11 is 0. The van der Waals surface area contributed by atoms with Gasteiger partial charge >= 0.3 is 11.9 Å². The third-order valence-electron chi connectivity index (χ3n) is 7.05. The summed E-state index contributed by atoms with van der Waals surface area (Å²) in [5.41, 5.74) is 0.811. The largest absolute Gasteiger partial charge is 0.516 e. The van der Waals surface area contributed by atoms with Crippen molar-refractivity contribution in [2.24, 2.45) is 0 Å². The standard InChI is InChI=1S/C35H24O8.C3H8.C2H6O2.C2H6O.C2H4O.H2O3.H2O.2W.2Y/c36-11-12-41-31-9-6-22-14-26(4-2-24(22)17-31)34(39)42-32-10-7-25-19-33(29(20-37)15-28(25)18-32)43-35(40)27-3-1-23-16-30(38)8-5-21(23)13-27;1-3-2;3-1-2-4;2*1-2-3;1-3-2;;;;;/h1-10,13-20,36,38H,11-12H2;3H2,1-2H3;3-4H,1-2H2;3H,2H2,1H3;2-3H,1H2;1-2H;1H2;;;;. The Labute approximate surface area is 449 Å². The molecule has 20 heteroatoms. The Hall–Kier alpha value is -2.89. The minimum absolute atomic E-state index is 0. The van der Waals surface area contributed by atoms with Gasteiger partial charge in [0.1, 0.15) is 29.6 Å². The van der Waals surface area contributed by atoms with Crippen molar-refractivity contribution in [3.8, 4) is 23.0 Å². The van der Waals surface area contributed by atoms with E-state index >= 15 is 0 Å². The maximum Gasteiger partial charge on any atom is 0.343 e. The van der Waals surface area contributed by atoms with Crippen LogP contribution in [-0.4, -0.2) is 97.9 Å². The van der Waals surface area contributed by atoms with Gasteiger partial charge in [-0.2, -0.15) is 0 Å². The summed E-state index contributed by atoms with van der Waals surface area (Å²) < 4.78 is 16.7. The van der Waals surface area contributed by atoms with Gasteiger partial charge in [-0.15, -0.1) is 0 Å². The van der Waals surface area contributed by atoms with Crippen molar-refractivity contribution in [1.82, 2.24) is 0 Å². The molecule has 0 saturated carbocycles. The fraction of sp³-hybridized carbons (Fsp3) is 0.205. The third kappa shape index (κ3) is 25.1. The van der Waals surface area contributed by atoms with Crippen LogP contribution in [0.3, 0.4) is 0 Å². The molecule has 0 amide bonds. The molecule has 0 saturated heterocycles. The van der Waals surface area contributed by atoms with Gasteiger partial charge < -0.3 is 50.3 Å². The van der Waals surface area contributed by atoms with Gasteiger partial charge in [0.2, 0.25) is 0 Å². The first-order valence-corrected chi connectivity index (χ1v) is 18.0. The van der Waals surface area contributed by atoms with Gasteiger partial charge in [0.15, 0.2) is 6.29 Å². The molecular formula is C44H52O16W2Y2. The molecular weight excluding hydrogens is 1330 g/mol. The monoisotopic (exact) mass is 1380 g/mol. The summed E-state index contributed by atoms with van der Waals surface area (Å²) in [6, 6.07) is 28.5. The number of aromatic hydroxyl groups is 1. The number of aldehydes is 1. The molecule has 6 rings (SSSR count). The van der Waals surface area contributed by atoms with E-state index in [-0.39, 0.29) is 169 Å². The number of esters is 2. The molecule has 64 heavy (non-hydrogen) atoms. The average molecular weight is 1380 g/mol. The average Bonchev–Trinajstić information content (AvgIpc) is 3.23. The normalized spacial score (nSPS) is 8.89. The molecule has 0 atom stereocenters. The molecule has 342 valence electrons. The van der Waals surface area contributed by atoms with Crippen LogP contribution in [0.15, 0.2) is 116 Å². The molecule has 0 fully saturated rings. The number of fused-ring (bicyclic) bond motifs is 3. The van der Waals surface area contributed by atoms with Crippen LogP contribution in [0.1, 0.15) is 58.3 Å². The Morgan fingerprint density at radius 1 is 0.609 bits per heavy atom. The number of hydrogen-bond acceptors (Lipinski definition) is 15. The molecule has 0 aliphatic heterocycles. The predicted octanol–water partition coefficient (Wildman–Crippen LogP) is 6.66. The molecule has 0 unspecified atom stereocenters. The second-order valence-corrected chi connectivity index (χ2v) is 11.6. The Bertz CT molecular complexity index is 2220. The summed E-state index contributed by atoms with van der Waals surface area (Å²) in [5.74, 6) is -0.0442. The maximum absolute atomic E-state index is 12.9. The fourth-order valence-electron chi connectivity index (χ4n) is 4.81. The summed E-state index contributed by atoms with van der Waals surface area (Å²) in [7, 11) is 0. The number of carbonyl (C=O) groups is 3. The topological polar surface area (TPSA) is 281 Å². The molecule has 0 heterocycles. The van der Waals surface area contributed by atoms with Crippen molar-refractivity contribution in [2.75, 3.05) is 33.0 Å². The minimum atomic E-state index is -0.632. The van der Waals surface area contributed by atoms with Crippen LogP contribution in [0.2, 0.25) is 0 Å². The van der Waals surface area contributed by atoms with Crippen molar-refractivity contribution < 1.29 is 188 Å². The van der Waals surface area contributed by atoms with E-state index in [1.54, 1.807) is 91.9 Å². The molecule has 16 nitrogen and oxygen atoms in total. The van der Waals surface area contributed by atoms with Crippen molar-refractivity contribution in [1.29, 1.82) is 0 Å². The van der Waals surface area contributed by atoms with E-state index in [0.717, 1.165) is 27.8 Å². The number of aliphatic hydroxyl groups is 5. The van der Waals surface area contributed by atoms with E-state index in [4.69, 9.17) is 50.3 Å². The van der Waals surface area contributed by atoms with Crippen molar-refractivity contribution in [3.05, 3.63) is 133 Å². The van der Waals surface area contributed by atoms with Gasteiger partial charge in [0.25, 0.3) is 0 Å². The van der Waals surface area contributed by atoms with Crippen LogP contribution >= 0.6 is 0 Å². The van der Waals surface area contributed by atoms with Gasteiger partial charge in [-0.05, 0) is 112 Å². The van der Waals surface area contributed by atoms with Gasteiger partial charge in [0.05, 0.1) is 42.8 Å². The van der Waals surface area contributed by atoms with Gasteiger partial charge in [-0.1, -0.05) is 62.2 Å². The molecule has 10 N–H and O–H groups in total. The first-order valence-electron chi connectivity index (χ1n) is 18.0. The van der Waals surface area contributed by atoms with Crippen LogP contribution < -0.4 is 14.2 Å². The van der Waals surface area contributed by atoms with Crippen molar-refractivity contribution >= 4 is 50.5 Å². The SMILES string of the molecule is C=CO.CCC.CCO.O.O=Cc1cc2cc(OC(=O)c3ccc4cc(OCCO)ccc4c3)ccc2cc1OC(=O)c1ccc2cc(O)ccc2c1.OCCO.OOO.[W].[W].[Y].[Y]. The first-order chi connectivity index (χ1) is 28.5. The zero-order valence-corrected chi connectivity index (χ0v) is 46.9. The molecule has 0 aliphatic carbocycles. The summed E-state index contributed by atoms with van der Waals surface area (Å²) in [6.45, 7) is 8.96. The van der Waals surface area contributed by atoms with E-state index in [9.17, 15) is 19.5 Å². The Morgan fingerprint density at radius 2 is 1.00 bits per heavy atom. The number of benzene rings is 6. The second-order valence-electron chi connectivity index (χ2n) is 11.6. The fourth-order valence-corrected chi connectivity index (χ4v) is 4.81. The molecule has 0 spiro atoms. The molecule has 0 bridgehead atoms. The Kier molecular flexibility index (Phi) is 45.5. The molecule has 6 aromatic carbocycles. The van der Waals surface area contributed by atoms with E-state index in [1.165, 1.54) is 12.5 Å². The quantitative estimate of drug-likeness (QED) is 0.0188. The van der Waals surface area contributed by atoms with Crippen LogP contribution in [0.25, 0.3) is 32.3 Å². The number of aliphatic hydroxyl groups excluding tert-OH is 5. The Morgan fingerprint density at radius 3 is 1.47 bits per heavy atom. The van der Waals surface area contributed by atoms with E-state index in [1.807, 2.05) is 12.1 Å². The zero-order chi connectivity index (χ0) is 44.2. The molecule has 0 aromatic heterocycles. The minimum Gasteiger partial charge on any atom is -0.516 e. The number of phenols is 1. The zero-order valence-electron chi connectivity index (χ0n) is 35.3. The summed E-state index contributed by atoms with van der Waals surface area (Å²) in [6.07, 6.45) is 2.60. The number of ether oxygens (including phenoxy) is 3. The van der Waals surface area contributed by atoms with Crippen LogP contribution in [0.4, 0.5) is 0 Å². The number of rotatable bonds is 9. The van der Waals surface area contributed by atoms with E-state index < -0.39 is 11.9 Å². The van der Waals surface area contributed by atoms with Crippen molar-refractivity contribution in [3.63, 3.8) is 0 Å². The first kappa shape index (κ1) is 70.1. The number of carbonyl (C=O) groups excluding carboxylic acids is 3.